The fourth-order valence-corrected chi connectivity index (χ4v) is 6.92. The Bertz CT molecular complexity index is 304. The lowest BCUT2D eigenvalue weighted by atomic mass is 9.68. The van der Waals surface area contributed by atoms with Crippen molar-refractivity contribution in [2.75, 3.05) is 6.61 Å². The van der Waals surface area contributed by atoms with Crippen molar-refractivity contribution in [3.8, 4) is 0 Å². The maximum Gasteiger partial charge on any atom is 0.0729 e. The highest BCUT2D eigenvalue weighted by atomic mass is 28.3. The molecular formula is C16H32O2Si. The van der Waals surface area contributed by atoms with E-state index in [-0.39, 0.29) is 12.0 Å². The highest BCUT2D eigenvalue weighted by Gasteiger charge is 2.59. The summed E-state index contributed by atoms with van der Waals surface area (Å²) in [6.45, 7) is 7.47. The Kier molecular flexibility index (Phi) is 4.49. The van der Waals surface area contributed by atoms with E-state index in [4.69, 9.17) is 0 Å². The molecule has 2 atom stereocenters. The van der Waals surface area contributed by atoms with E-state index in [0.717, 1.165) is 12.8 Å². The zero-order chi connectivity index (χ0) is 14.1. The summed E-state index contributed by atoms with van der Waals surface area (Å²) in [4.78, 5) is 0. The highest BCUT2D eigenvalue weighted by Crippen LogP contribution is 2.61. The van der Waals surface area contributed by atoms with Crippen LogP contribution >= 0.6 is 0 Å². The summed E-state index contributed by atoms with van der Waals surface area (Å²) in [5.41, 5.74) is -0.279. The van der Waals surface area contributed by atoms with Crippen LogP contribution in [0.25, 0.3) is 0 Å². The Morgan fingerprint density at radius 1 is 1.11 bits per heavy atom. The molecule has 0 aromatic heterocycles. The van der Waals surface area contributed by atoms with Gasteiger partial charge in [0.15, 0.2) is 0 Å². The number of rotatable bonds is 5. The average Bonchev–Trinajstić information content (AvgIpc) is 2.88. The van der Waals surface area contributed by atoms with E-state index in [1.54, 1.807) is 0 Å². The van der Waals surface area contributed by atoms with Crippen molar-refractivity contribution in [1.29, 1.82) is 0 Å². The highest BCUT2D eigenvalue weighted by molar-refractivity contribution is 6.76. The lowest BCUT2D eigenvalue weighted by Gasteiger charge is -2.44. The lowest BCUT2D eigenvalue weighted by molar-refractivity contribution is -0.0944. The molecule has 0 aromatic carbocycles. The van der Waals surface area contributed by atoms with Gasteiger partial charge in [-0.05, 0) is 49.9 Å². The Labute approximate surface area is 119 Å². The van der Waals surface area contributed by atoms with Crippen molar-refractivity contribution in [3.63, 3.8) is 0 Å². The Morgan fingerprint density at radius 2 is 1.74 bits per heavy atom. The van der Waals surface area contributed by atoms with Gasteiger partial charge in [-0.2, -0.15) is 0 Å². The van der Waals surface area contributed by atoms with Gasteiger partial charge in [-0.3, -0.25) is 0 Å². The third-order valence-electron chi connectivity index (χ3n) is 5.70. The fourth-order valence-electron chi connectivity index (χ4n) is 4.90. The van der Waals surface area contributed by atoms with Crippen molar-refractivity contribution in [3.05, 3.63) is 0 Å². The molecule has 112 valence electrons. The molecule has 0 aliphatic heterocycles. The van der Waals surface area contributed by atoms with E-state index in [1.807, 2.05) is 0 Å². The molecule has 2 aliphatic carbocycles. The average molecular weight is 285 g/mol. The first-order chi connectivity index (χ1) is 8.83. The standard InChI is InChI=1S/C16H32O2Si/c1-19(2,3)13-14-7-11-15(8-4-5-9-15)16(14,18)10-6-12-17/h14,17-18H,4-13H2,1-3H3/t14-,16-/m0/s1. The normalized spacial score (nSPS) is 34.3. The van der Waals surface area contributed by atoms with Gasteiger partial charge < -0.3 is 10.2 Å². The van der Waals surface area contributed by atoms with Gasteiger partial charge in [-0.1, -0.05) is 38.5 Å². The van der Waals surface area contributed by atoms with Crippen molar-refractivity contribution in [1.82, 2.24) is 0 Å². The largest absolute Gasteiger partial charge is 0.396 e. The van der Waals surface area contributed by atoms with Crippen molar-refractivity contribution < 1.29 is 10.2 Å². The van der Waals surface area contributed by atoms with Crippen LogP contribution < -0.4 is 0 Å². The second kappa shape index (κ2) is 5.49. The summed E-state index contributed by atoms with van der Waals surface area (Å²) in [6.07, 6.45) is 9.05. The first-order valence-corrected chi connectivity index (χ1v) is 11.9. The fraction of sp³-hybridized carbons (Fsp3) is 1.00. The van der Waals surface area contributed by atoms with Gasteiger partial charge in [0.05, 0.1) is 5.60 Å². The summed E-state index contributed by atoms with van der Waals surface area (Å²) in [5.74, 6) is 0.490. The van der Waals surface area contributed by atoms with E-state index in [9.17, 15) is 10.2 Å². The first-order valence-electron chi connectivity index (χ1n) is 8.16. The first kappa shape index (κ1) is 15.5. The molecule has 3 heteroatoms. The van der Waals surface area contributed by atoms with E-state index >= 15 is 0 Å². The van der Waals surface area contributed by atoms with Crippen LogP contribution in [0.4, 0.5) is 0 Å². The Morgan fingerprint density at radius 3 is 2.26 bits per heavy atom. The molecule has 1 spiro atoms. The van der Waals surface area contributed by atoms with Crippen molar-refractivity contribution >= 4 is 8.07 Å². The monoisotopic (exact) mass is 284 g/mol. The molecule has 0 saturated heterocycles. The van der Waals surface area contributed by atoms with Crippen molar-refractivity contribution in [2.24, 2.45) is 11.3 Å². The predicted molar refractivity (Wildman–Crippen MR) is 83.0 cm³/mol. The molecule has 0 amide bonds. The van der Waals surface area contributed by atoms with Gasteiger partial charge in [0, 0.05) is 14.7 Å². The maximum absolute atomic E-state index is 11.5. The molecule has 2 fully saturated rings. The molecule has 2 N–H and O–H groups in total. The quantitative estimate of drug-likeness (QED) is 0.754. The van der Waals surface area contributed by atoms with Crippen LogP contribution in [-0.2, 0) is 0 Å². The van der Waals surface area contributed by atoms with Crippen LogP contribution in [0.1, 0.15) is 51.4 Å². The summed E-state index contributed by atoms with van der Waals surface area (Å²) in [7, 11) is -1.14. The molecule has 2 saturated carbocycles. The molecule has 0 bridgehead atoms. The Balaban J connectivity index is 2.19. The lowest BCUT2D eigenvalue weighted by Crippen LogP contribution is -2.48. The molecule has 19 heavy (non-hydrogen) atoms. The smallest absolute Gasteiger partial charge is 0.0729 e. The van der Waals surface area contributed by atoms with E-state index in [2.05, 4.69) is 19.6 Å². The maximum atomic E-state index is 11.5. The zero-order valence-corrected chi connectivity index (χ0v) is 14.0. The molecule has 0 heterocycles. The summed E-state index contributed by atoms with van der Waals surface area (Å²) < 4.78 is 0. The third kappa shape index (κ3) is 2.93. The van der Waals surface area contributed by atoms with Gasteiger partial charge in [-0.25, -0.2) is 0 Å². The second-order valence-corrected chi connectivity index (χ2v) is 13.8. The minimum atomic E-state index is -1.14. The van der Waals surface area contributed by atoms with E-state index < -0.39 is 13.7 Å². The molecule has 0 unspecified atom stereocenters. The third-order valence-corrected chi connectivity index (χ3v) is 7.42. The number of aliphatic hydroxyl groups is 2. The number of aliphatic hydroxyl groups excluding tert-OH is 1. The molecule has 2 nitrogen and oxygen atoms in total. The van der Waals surface area contributed by atoms with Crippen molar-refractivity contribution in [2.45, 2.75) is 82.7 Å². The van der Waals surface area contributed by atoms with Crippen LogP contribution in [0.3, 0.4) is 0 Å². The minimum absolute atomic E-state index is 0.201. The van der Waals surface area contributed by atoms with Gasteiger partial charge >= 0.3 is 0 Å². The van der Waals surface area contributed by atoms with Crippen LogP contribution in [0.2, 0.25) is 25.7 Å². The van der Waals surface area contributed by atoms with Gasteiger partial charge in [-0.15, -0.1) is 0 Å². The van der Waals surface area contributed by atoms with E-state index in [1.165, 1.54) is 44.6 Å². The number of hydrogen-bond acceptors (Lipinski definition) is 2. The second-order valence-electron chi connectivity index (χ2n) is 8.24. The topological polar surface area (TPSA) is 40.5 Å². The molecule has 0 radical (unpaired) electrons. The van der Waals surface area contributed by atoms with Crippen LogP contribution in [0, 0.1) is 11.3 Å². The van der Waals surface area contributed by atoms with Crippen LogP contribution in [0.15, 0.2) is 0 Å². The summed E-state index contributed by atoms with van der Waals surface area (Å²) in [6, 6.07) is 1.25. The molecule has 2 aliphatic rings. The zero-order valence-electron chi connectivity index (χ0n) is 13.0. The number of hydrogen-bond donors (Lipinski definition) is 2. The summed E-state index contributed by atoms with van der Waals surface area (Å²) >= 11 is 0. The minimum Gasteiger partial charge on any atom is -0.396 e. The predicted octanol–water partition coefficient (Wildman–Crippen LogP) is 3.80. The van der Waals surface area contributed by atoms with Gasteiger partial charge in [0.2, 0.25) is 0 Å². The molecular weight excluding hydrogens is 252 g/mol. The molecule has 0 aromatic rings. The SMILES string of the molecule is C[Si](C)(C)C[C@@H]1CCC2(CCCC2)[C@]1(O)CCCO. The Hall–Kier alpha value is 0.137. The van der Waals surface area contributed by atoms with Gasteiger partial charge in [0.1, 0.15) is 0 Å². The summed E-state index contributed by atoms with van der Waals surface area (Å²) in [5, 5.41) is 20.7. The molecule has 2 rings (SSSR count). The van der Waals surface area contributed by atoms with Crippen LogP contribution in [-0.4, -0.2) is 30.5 Å². The van der Waals surface area contributed by atoms with Crippen LogP contribution in [0.5, 0.6) is 0 Å². The van der Waals surface area contributed by atoms with Gasteiger partial charge in [0.25, 0.3) is 0 Å². The van der Waals surface area contributed by atoms with E-state index in [0.29, 0.717) is 5.92 Å².